The Hall–Kier alpha value is -2.57. The zero-order valence-electron chi connectivity index (χ0n) is 13.5. The third-order valence-corrected chi connectivity index (χ3v) is 4.75. The summed E-state index contributed by atoms with van der Waals surface area (Å²) in [5, 5.41) is 9.58. The normalized spacial score (nSPS) is 17.6. The van der Waals surface area contributed by atoms with Crippen LogP contribution in [-0.2, 0) is 11.4 Å². The van der Waals surface area contributed by atoms with Gasteiger partial charge in [0.05, 0.1) is 10.0 Å². The summed E-state index contributed by atoms with van der Waals surface area (Å²) in [6, 6.07) is 12.8. The number of nitrogens with zero attached hydrogens (tertiary/aromatic N) is 4. The Morgan fingerprint density at radius 1 is 1.19 bits per heavy atom. The maximum Gasteiger partial charge on any atom is 0.142 e. The number of ether oxygens (including phenoxy) is 1. The summed E-state index contributed by atoms with van der Waals surface area (Å²) in [5.74, 6) is 0.765. The van der Waals surface area contributed by atoms with Crippen LogP contribution in [0.15, 0.2) is 60.3 Å². The van der Waals surface area contributed by atoms with Gasteiger partial charge in [-0.05, 0) is 29.8 Å². The van der Waals surface area contributed by atoms with Gasteiger partial charge in [0.2, 0.25) is 0 Å². The molecule has 0 fully saturated rings. The van der Waals surface area contributed by atoms with E-state index in [2.05, 4.69) is 15.2 Å². The maximum absolute atomic E-state index is 6.04. The zero-order chi connectivity index (χ0) is 17.9. The van der Waals surface area contributed by atoms with Crippen LogP contribution in [0.3, 0.4) is 0 Å². The molecular weight excluding hydrogens is 375 g/mol. The lowest BCUT2D eigenvalue weighted by atomic mass is 10.0. The van der Waals surface area contributed by atoms with E-state index in [-0.39, 0.29) is 12.6 Å². The van der Waals surface area contributed by atoms with Gasteiger partial charge in [0.15, 0.2) is 0 Å². The number of oxime groups is 1. The minimum absolute atomic E-state index is 0.221. The van der Waals surface area contributed by atoms with E-state index in [1.54, 1.807) is 23.1 Å². The fourth-order valence-electron chi connectivity index (χ4n) is 2.73. The molecule has 8 heteroatoms. The molecule has 0 N–H and O–H groups in total. The standard InChI is InChI=1S/C18H14Cl2N4O2/c19-14-6-5-12(7-15(14)20)8-26-23-18-13-3-1-2-4-17(13)25-9-16(18)24-11-21-10-22-24/h1-7,10-11,16H,8-9H2/b23-18+. The average molecular weight is 389 g/mol. The molecule has 6 nitrogen and oxygen atoms in total. The van der Waals surface area contributed by atoms with E-state index in [0.29, 0.717) is 16.7 Å². The summed E-state index contributed by atoms with van der Waals surface area (Å²) in [4.78, 5) is 9.62. The number of hydrogen-bond donors (Lipinski definition) is 0. The predicted molar refractivity (Wildman–Crippen MR) is 98.8 cm³/mol. The van der Waals surface area contributed by atoms with Crippen LogP contribution >= 0.6 is 23.2 Å². The van der Waals surface area contributed by atoms with E-state index in [9.17, 15) is 0 Å². The van der Waals surface area contributed by atoms with Crippen molar-refractivity contribution in [1.29, 1.82) is 0 Å². The van der Waals surface area contributed by atoms with E-state index in [1.165, 1.54) is 6.33 Å². The fourth-order valence-corrected chi connectivity index (χ4v) is 3.05. The van der Waals surface area contributed by atoms with E-state index in [0.717, 1.165) is 22.6 Å². The minimum atomic E-state index is -0.221. The lowest BCUT2D eigenvalue weighted by molar-refractivity contribution is 0.127. The van der Waals surface area contributed by atoms with E-state index in [4.69, 9.17) is 32.8 Å². The molecule has 2 heterocycles. The van der Waals surface area contributed by atoms with Gasteiger partial charge in [0.1, 0.15) is 43.4 Å². The van der Waals surface area contributed by atoms with Crippen molar-refractivity contribution in [2.24, 2.45) is 5.16 Å². The minimum Gasteiger partial charge on any atom is -0.490 e. The Labute approximate surface area is 160 Å². The molecule has 0 aliphatic carbocycles. The van der Waals surface area contributed by atoms with Crippen molar-refractivity contribution in [3.05, 3.63) is 76.3 Å². The van der Waals surface area contributed by atoms with Crippen molar-refractivity contribution >= 4 is 28.9 Å². The van der Waals surface area contributed by atoms with Crippen molar-refractivity contribution in [3.63, 3.8) is 0 Å². The van der Waals surface area contributed by atoms with Crippen LogP contribution in [0.2, 0.25) is 10.0 Å². The van der Waals surface area contributed by atoms with Crippen LogP contribution in [0.25, 0.3) is 0 Å². The van der Waals surface area contributed by atoms with Gasteiger partial charge in [0.25, 0.3) is 0 Å². The molecule has 1 aromatic heterocycles. The summed E-state index contributed by atoms with van der Waals surface area (Å²) in [6.07, 6.45) is 3.12. The highest BCUT2D eigenvalue weighted by Crippen LogP contribution is 2.30. The van der Waals surface area contributed by atoms with E-state index < -0.39 is 0 Å². The summed E-state index contributed by atoms with van der Waals surface area (Å²) < 4.78 is 7.53. The van der Waals surface area contributed by atoms with Crippen molar-refractivity contribution in [2.75, 3.05) is 6.61 Å². The second-order valence-corrected chi connectivity index (χ2v) is 6.51. The average Bonchev–Trinajstić information content (AvgIpc) is 3.19. The lowest BCUT2D eigenvalue weighted by Gasteiger charge is -2.26. The largest absolute Gasteiger partial charge is 0.490 e. The molecule has 2 aromatic carbocycles. The molecular formula is C18H14Cl2N4O2. The number of para-hydroxylation sites is 1. The maximum atomic E-state index is 6.04. The number of fused-ring (bicyclic) bond motifs is 1. The van der Waals surface area contributed by atoms with Gasteiger partial charge in [-0.3, -0.25) is 0 Å². The molecule has 3 aromatic rings. The molecule has 0 radical (unpaired) electrons. The Kier molecular flexibility index (Phi) is 4.77. The number of halogens is 2. The molecule has 0 spiro atoms. The van der Waals surface area contributed by atoms with E-state index >= 15 is 0 Å². The van der Waals surface area contributed by atoms with Gasteiger partial charge in [-0.25, -0.2) is 9.67 Å². The molecule has 1 atom stereocenters. The Bertz CT molecular complexity index is 944. The lowest BCUT2D eigenvalue weighted by Crippen LogP contribution is -2.31. The first-order valence-corrected chi connectivity index (χ1v) is 8.68. The van der Waals surface area contributed by atoms with E-state index in [1.807, 2.05) is 30.3 Å². The smallest absolute Gasteiger partial charge is 0.142 e. The second kappa shape index (κ2) is 7.35. The van der Waals surface area contributed by atoms with Gasteiger partial charge in [-0.2, -0.15) is 5.10 Å². The first-order chi connectivity index (χ1) is 12.7. The molecule has 0 saturated heterocycles. The van der Waals surface area contributed by atoms with Gasteiger partial charge in [-0.1, -0.05) is 46.6 Å². The van der Waals surface area contributed by atoms with Crippen LogP contribution < -0.4 is 4.74 Å². The molecule has 4 rings (SSSR count). The molecule has 26 heavy (non-hydrogen) atoms. The van der Waals surface area contributed by atoms with Crippen molar-refractivity contribution in [2.45, 2.75) is 12.6 Å². The number of rotatable bonds is 4. The van der Waals surface area contributed by atoms with Crippen LogP contribution in [0, 0.1) is 0 Å². The highest BCUT2D eigenvalue weighted by molar-refractivity contribution is 6.42. The first kappa shape index (κ1) is 16.9. The van der Waals surface area contributed by atoms with Gasteiger partial charge in [0, 0.05) is 5.56 Å². The highest BCUT2D eigenvalue weighted by Gasteiger charge is 2.29. The van der Waals surface area contributed by atoms with Gasteiger partial charge in [-0.15, -0.1) is 0 Å². The summed E-state index contributed by atoms with van der Waals surface area (Å²) in [6.45, 7) is 0.669. The second-order valence-electron chi connectivity index (χ2n) is 5.70. The zero-order valence-corrected chi connectivity index (χ0v) is 15.1. The third kappa shape index (κ3) is 3.38. The Morgan fingerprint density at radius 2 is 2.08 bits per heavy atom. The number of aromatic nitrogens is 3. The van der Waals surface area contributed by atoms with Crippen LogP contribution in [0.4, 0.5) is 0 Å². The topological polar surface area (TPSA) is 61.5 Å². The molecule has 0 amide bonds. The monoisotopic (exact) mass is 388 g/mol. The Morgan fingerprint density at radius 3 is 2.88 bits per heavy atom. The third-order valence-electron chi connectivity index (χ3n) is 4.01. The van der Waals surface area contributed by atoms with Gasteiger partial charge >= 0.3 is 0 Å². The van der Waals surface area contributed by atoms with Crippen molar-refractivity contribution in [3.8, 4) is 5.75 Å². The molecule has 1 aliphatic heterocycles. The molecule has 0 saturated carbocycles. The predicted octanol–water partition coefficient (Wildman–Crippen LogP) is 4.14. The SMILES string of the molecule is Clc1ccc(CO/N=C2\c3ccccc3OCC2n2cncn2)cc1Cl. The summed E-state index contributed by atoms with van der Waals surface area (Å²) >= 11 is 12.0. The number of hydrogen-bond acceptors (Lipinski definition) is 5. The highest BCUT2D eigenvalue weighted by atomic mass is 35.5. The molecule has 132 valence electrons. The van der Waals surface area contributed by atoms with Crippen LogP contribution in [0.1, 0.15) is 17.2 Å². The molecule has 0 bridgehead atoms. The number of benzene rings is 2. The van der Waals surface area contributed by atoms with Crippen LogP contribution in [0.5, 0.6) is 5.75 Å². The Balaban J connectivity index is 1.61. The summed E-state index contributed by atoms with van der Waals surface area (Å²) in [7, 11) is 0. The van der Waals surface area contributed by atoms with Crippen molar-refractivity contribution in [1.82, 2.24) is 14.8 Å². The molecule has 1 aliphatic rings. The van der Waals surface area contributed by atoms with Crippen molar-refractivity contribution < 1.29 is 9.57 Å². The quantitative estimate of drug-likeness (QED) is 0.630. The molecule has 1 unspecified atom stereocenters. The first-order valence-electron chi connectivity index (χ1n) is 7.92. The van der Waals surface area contributed by atoms with Crippen LogP contribution in [-0.4, -0.2) is 27.1 Å². The fraction of sp³-hybridized carbons (Fsp3) is 0.167. The summed E-state index contributed by atoms with van der Waals surface area (Å²) in [5.41, 5.74) is 2.48. The van der Waals surface area contributed by atoms with Gasteiger partial charge < -0.3 is 9.57 Å².